The minimum atomic E-state index is -0.422. The number of pyridine rings is 1. The third-order valence-electron chi connectivity index (χ3n) is 1.35. The van der Waals surface area contributed by atoms with Crippen LogP contribution in [-0.4, -0.2) is 24.2 Å². The van der Waals surface area contributed by atoms with E-state index < -0.39 is 5.97 Å². The van der Waals surface area contributed by atoms with Crippen molar-refractivity contribution in [3.63, 3.8) is 0 Å². The highest BCUT2D eigenvalue weighted by Gasteiger charge is 2.02. The summed E-state index contributed by atoms with van der Waals surface area (Å²) in [5, 5.41) is 0. The van der Waals surface area contributed by atoms with Gasteiger partial charge in [-0.05, 0) is 12.1 Å². The molecule has 0 radical (unpaired) electrons. The van der Waals surface area contributed by atoms with Crippen LogP contribution in [0.1, 0.15) is 0 Å². The Labute approximate surface area is 82.2 Å². The SMILES string of the molecule is C=CCOC(=O)COc1cccnc1. The lowest BCUT2D eigenvalue weighted by Gasteiger charge is -2.04. The molecule has 14 heavy (non-hydrogen) atoms. The van der Waals surface area contributed by atoms with Crippen molar-refractivity contribution in [3.8, 4) is 5.75 Å². The molecule has 74 valence electrons. The highest BCUT2D eigenvalue weighted by Crippen LogP contribution is 2.05. The van der Waals surface area contributed by atoms with Crippen LogP contribution in [0.5, 0.6) is 5.75 Å². The highest BCUT2D eigenvalue weighted by atomic mass is 16.6. The van der Waals surface area contributed by atoms with Crippen LogP contribution in [-0.2, 0) is 9.53 Å². The van der Waals surface area contributed by atoms with Crippen LogP contribution >= 0.6 is 0 Å². The summed E-state index contributed by atoms with van der Waals surface area (Å²) in [4.78, 5) is 14.8. The molecule has 0 aliphatic rings. The molecule has 0 saturated heterocycles. The van der Waals surface area contributed by atoms with Crippen LogP contribution in [0.2, 0.25) is 0 Å². The number of nitrogens with zero attached hydrogens (tertiary/aromatic N) is 1. The molecular weight excluding hydrogens is 182 g/mol. The first-order valence-corrected chi connectivity index (χ1v) is 4.12. The summed E-state index contributed by atoms with van der Waals surface area (Å²) in [5.74, 6) is 0.122. The van der Waals surface area contributed by atoms with E-state index in [1.165, 1.54) is 12.3 Å². The lowest BCUT2D eigenvalue weighted by Crippen LogP contribution is -2.14. The van der Waals surface area contributed by atoms with Gasteiger partial charge >= 0.3 is 5.97 Å². The Hall–Kier alpha value is -1.84. The van der Waals surface area contributed by atoms with E-state index in [4.69, 9.17) is 9.47 Å². The molecule has 1 aromatic rings. The molecule has 0 aliphatic carbocycles. The van der Waals surface area contributed by atoms with Crippen molar-refractivity contribution < 1.29 is 14.3 Å². The normalized spacial score (nSPS) is 9.14. The first-order chi connectivity index (χ1) is 6.83. The van der Waals surface area contributed by atoms with Crippen molar-refractivity contribution in [2.24, 2.45) is 0 Å². The Morgan fingerprint density at radius 1 is 1.64 bits per heavy atom. The maximum atomic E-state index is 11.0. The predicted octanol–water partition coefficient (Wildman–Crippen LogP) is 1.19. The molecule has 0 amide bonds. The van der Waals surface area contributed by atoms with Crippen LogP contribution in [0.25, 0.3) is 0 Å². The molecule has 4 heteroatoms. The summed E-state index contributed by atoms with van der Waals surface area (Å²) in [6.07, 6.45) is 4.66. The Bertz CT molecular complexity index is 297. The Balaban J connectivity index is 2.27. The smallest absolute Gasteiger partial charge is 0.344 e. The van der Waals surface area contributed by atoms with Crippen molar-refractivity contribution in [2.75, 3.05) is 13.2 Å². The van der Waals surface area contributed by atoms with Crippen LogP contribution < -0.4 is 4.74 Å². The second-order valence-corrected chi connectivity index (χ2v) is 2.45. The predicted molar refractivity (Wildman–Crippen MR) is 50.9 cm³/mol. The topological polar surface area (TPSA) is 48.4 Å². The molecule has 0 fully saturated rings. The van der Waals surface area contributed by atoms with E-state index in [1.54, 1.807) is 18.3 Å². The van der Waals surface area contributed by atoms with E-state index in [-0.39, 0.29) is 13.2 Å². The third-order valence-corrected chi connectivity index (χ3v) is 1.35. The number of rotatable bonds is 5. The van der Waals surface area contributed by atoms with Gasteiger partial charge in [0.15, 0.2) is 6.61 Å². The summed E-state index contributed by atoms with van der Waals surface area (Å²) in [6.45, 7) is 3.51. The number of hydrogen-bond donors (Lipinski definition) is 0. The van der Waals surface area contributed by atoms with Crippen LogP contribution in [0, 0.1) is 0 Å². The fraction of sp³-hybridized carbons (Fsp3) is 0.200. The summed E-state index contributed by atoms with van der Waals surface area (Å²) in [5.41, 5.74) is 0. The fourth-order valence-corrected chi connectivity index (χ4v) is 0.768. The second kappa shape index (κ2) is 5.75. The summed E-state index contributed by atoms with van der Waals surface area (Å²) in [6, 6.07) is 3.44. The Kier molecular flexibility index (Phi) is 4.20. The molecule has 0 aromatic carbocycles. The van der Waals surface area contributed by atoms with Crippen molar-refractivity contribution in [1.29, 1.82) is 0 Å². The first-order valence-electron chi connectivity index (χ1n) is 4.12. The zero-order valence-electron chi connectivity index (χ0n) is 7.68. The minimum absolute atomic E-state index is 0.112. The molecule has 0 spiro atoms. The minimum Gasteiger partial charge on any atom is -0.480 e. The van der Waals surface area contributed by atoms with Gasteiger partial charge in [0.1, 0.15) is 12.4 Å². The van der Waals surface area contributed by atoms with E-state index >= 15 is 0 Å². The van der Waals surface area contributed by atoms with Crippen molar-refractivity contribution >= 4 is 5.97 Å². The molecular formula is C10H11NO3. The zero-order valence-corrected chi connectivity index (χ0v) is 7.68. The maximum absolute atomic E-state index is 11.0. The van der Waals surface area contributed by atoms with Gasteiger partial charge in [-0.25, -0.2) is 4.79 Å². The molecule has 1 aromatic heterocycles. The van der Waals surface area contributed by atoms with E-state index in [0.29, 0.717) is 5.75 Å². The van der Waals surface area contributed by atoms with Gasteiger partial charge in [-0.2, -0.15) is 0 Å². The molecule has 0 bridgehead atoms. The van der Waals surface area contributed by atoms with Crippen molar-refractivity contribution in [1.82, 2.24) is 4.98 Å². The quantitative estimate of drug-likeness (QED) is 0.520. The summed E-state index contributed by atoms with van der Waals surface area (Å²) >= 11 is 0. The number of ether oxygens (including phenoxy) is 2. The third kappa shape index (κ3) is 3.71. The maximum Gasteiger partial charge on any atom is 0.344 e. The Morgan fingerprint density at radius 2 is 2.50 bits per heavy atom. The Morgan fingerprint density at radius 3 is 3.14 bits per heavy atom. The van der Waals surface area contributed by atoms with Crippen molar-refractivity contribution in [3.05, 3.63) is 37.2 Å². The molecule has 0 N–H and O–H groups in total. The van der Waals surface area contributed by atoms with Crippen LogP contribution in [0.15, 0.2) is 37.2 Å². The number of aromatic nitrogens is 1. The number of hydrogen-bond acceptors (Lipinski definition) is 4. The largest absolute Gasteiger partial charge is 0.480 e. The molecule has 0 unspecified atom stereocenters. The lowest BCUT2D eigenvalue weighted by atomic mass is 10.5. The number of esters is 1. The number of carbonyl (C=O) groups is 1. The standard InChI is InChI=1S/C10H11NO3/c1-2-6-13-10(12)8-14-9-4-3-5-11-7-9/h2-5,7H,1,6,8H2. The monoisotopic (exact) mass is 193 g/mol. The zero-order chi connectivity index (χ0) is 10.2. The highest BCUT2D eigenvalue weighted by molar-refractivity contribution is 5.71. The molecule has 0 aliphatic heterocycles. The van der Waals surface area contributed by atoms with E-state index in [0.717, 1.165) is 0 Å². The van der Waals surface area contributed by atoms with Gasteiger partial charge in [0.25, 0.3) is 0 Å². The fourth-order valence-electron chi connectivity index (χ4n) is 0.768. The van der Waals surface area contributed by atoms with Crippen LogP contribution in [0.4, 0.5) is 0 Å². The van der Waals surface area contributed by atoms with E-state index in [1.807, 2.05) is 0 Å². The molecule has 1 rings (SSSR count). The summed E-state index contributed by atoms with van der Waals surface area (Å²) < 4.78 is 9.80. The average molecular weight is 193 g/mol. The van der Waals surface area contributed by atoms with Gasteiger partial charge < -0.3 is 9.47 Å². The van der Waals surface area contributed by atoms with E-state index in [2.05, 4.69) is 11.6 Å². The van der Waals surface area contributed by atoms with Crippen molar-refractivity contribution in [2.45, 2.75) is 0 Å². The van der Waals surface area contributed by atoms with Gasteiger partial charge in [-0.15, -0.1) is 0 Å². The second-order valence-electron chi connectivity index (χ2n) is 2.45. The van der Waals surface area contributed by atoms with Crippen LogP contribution in [0.3, 0.4) is 0 Å². The molecule has 1 heterocycles. The molecule has 0 atom stereocenters. The molecule has 0 saturated carbocycles. The number of carbonyl (C=O) groups excluding carboxylic acids is 1. The summed E-state index contributed by atoms with van der Waals surface area (Å²) in [7, 11) is 0. The van der Waals surface area contributed by atoms with E-state index in [9.17, 15) is 4.79 Å². The first kappa shape index (κ1) is 10.2. The lowest BCUT2D eigenvalue weighted by molar-refractivity contribution is -0.144. The van der Waals surface area contributed by atoms with Gasteiger partial charge in [0.2, 0.25) is 0 Å². The van der Waals surface area contributed by atoms with Gasteiger partial charge in [-0.1, -0.05) is 12.7 Å². The molecule has 4 nitrogen and oxygen atoms in total. The van der Waals surface area contributed by atoms with Gasteiger partial charge in [0.05, 0.1) is 6.20 Å². The van der Waals surface area contributed by atoms with Gasteiger partial charge in [-0.3, -0.25) is 4.98 Å². The average Bonchev–Trinajstić information content (AvgIpc) is 2.25. The van der Waals surface area contributed by atoms with Gasteiger partial charge in [0, 0.05) is 6.20 Å².